The van der Waals surface area contributed by atoms with Gasteiger partial charge < -0.3 is 9.47 Å². The first-order valence-corrected chi connectivity index (χ1v) is 9.60. The van der Waals surface area contributed by atoms with Gasteiger partial charge in [0.2, 0.25) is 0 Å². The highest BCUT2D eigenvalue weighted by molar-refractivity contribution is 5.91. The molecule has 0 aromatic heterocycles. The van der Waals surface area contributed by atoms with E-state index in [1.807, 2.05) is 55.5 Å². The molecule has 0 amide bonds. The van der Waals surface area contributed by atoms with E-state index in [0.717, 1.165) is 16.7 Å². The van der Waals surface area contributed by atoms with E-state index in [-0.39, 0.29) is 5.41 Å². The third-order valence-electron chi connectivity index (χ3n) is 4.64. The summed E-state index contributed by atoms with van der Waals surface area (Å²) in [4.78, 5) is 12.7. The average molecular weight is 386 g/mol. The standard InChI is InChI=1S/C26H26O3/c1-18-16-22(26(3,4)5)17-23(28-19(2)20-12-8-6-9-13-20)24(18)29-25(27)21-14-10-7-11-15-21/h6-17H,2H2,1,3-5H3. The summed E-state index contributed by atoms with van der Waals surface area (Å²) in [5.41, 5.74) is 3.19. The molecule has 0 heterocycles. The van der Waals surface area contributed by atoms with Crippen LogP contribution in [-0.2, 0) is 5.41 Å². The summed E-state index contributed by atoms with van der Waals surface area (Å²) in [5, 5.41) is 0. The summed E-state index contributed by atoms with van der Waals surface area (Å²) < 4.78 is 11.9. The summed E-state index contributed by atoms with van der Waals surface area (Å²) in [6.07, 6.45) is 0. The number of carbonyl (C=O) groups excluding carboxylic acids is 1. The molecule has 0 bridgehead atoms. The number of esters is 1. The van der Waals surface area contributed by atoms with E-state index in [1.54, 1.807) is 24.3 Å². The molecule has 3 nitrogen and oxygen atoms in total. The zero-order chi connectivity index (χ0) is 21.0. The quantitative estimate of drug-likeness (QED) is 0.283. The summed E-state index contributed by atoms with van der Waals surface area (Å²) in [6, 6.07) is 22.5. The summed E-state index contributed by atoms with van der Waals surface area (Å²) in [5.74, 6) is 0.956. The lowest BCUT2D eigenvalue weighted by Crippen LogP contribution is -2.14. The van der Waals surface area contributed by atoms with Crippen molar-refractivity contribution in [3.63, 3.8) is 0 Å². The van der Waals surface area contributed by atoms with Crippen LogP contribution in [0.15, 0.2) is 79.4 Å². The second-order valence-corrected chi connectivity index (χ2v) is 8.02. The first-order chi connectivity index (χ1) is 13.8. The van der Waals surface area contributed by atoms with Gasteiger partial charge in [-0.05, 0) is 41.7 Å². The molecule has 0 N–H and O–H groups in total. The third-order valence-corrected chi connectivity index (χ3v) is 4.64. The Bertz CT molecular complexity index is 1010. The van der Waals surface area contributed by atoms with E-state index in [4.69, 9.17) is 9.47 Å². The molecule has 29 heavy (non-hydrogen) atoms. The predicted molar refractivity (Wildman–Crippen MR) is 117 cm³/mol. The van der Waals surface area contributed by atoms with Crippen molar-refractivity contribution in [2.45, 2.75) is 33.1 Å². The Morgan fingerprint density at radius 1 is 0.828 bits per heavy atom. The van der Waals surface area contributed by atoms with Crippen LogP contribution in [0.25, 0.3) is 5.76 Å². The van der Waals surface area contributed by atoms with E-state index in [2.05, 4.69) is 27.4 Å². The highest BCUT2D eigenvalue weighted by atomic mass is 16.6. The van der Waals surface area contributed by atoms with Gasteiger partial charge in [0, 0.05) is 5.56 Å². The Hall–Kier alpha value is -3.33. The fourth-order valence-corrected chi connectivity index (χ4v) is 2.92. The molecule has 148 valence electrons. The van der Waals surface area contributed by atoms with Crippen molar-refractivity contribution in [2.75, 3.05) is 0 Å². The van der Waals surface area contributed by atoms with Gasteiger partial charge in [-0.25, -0.2) is 4.79 Å². The SMILES string of the molecule is C=C(Oc1cc(C(C)(C)C)cc(C)c1OC(=O)c1ccccc1)c1ccccc1. The van der Waals surface area contributed by atoms with Gasteiger partial charge in [0.25, 0.3) is 0 Å². The number of benzene rings is 3. The van der Waals surface area contributed by atoms with Crippen molar-refractivity contribution in [1.82, 2.24) is 0 Å². The van der Waals surface area contributed by atoms with Gasteiger partial charge in [0.05, 0.1) is 5.56 Å². The van der Waals surface area contributed by atoms with Gasteiger partial charge in [-0.3, -0.25) is 0 Å². The highest BCUT2D eigenvalue weighted by Crippen LogP contribution is 2.39. The molecule has 3 rings (SSSR count). The molecule has 0 atom stereocenters. The van der Waals surface area contributed by atoms with Gasteiger partial charge in [0.1, 0.15) is 5.76 Å². The minimum Gasteiger partial charge on any atom is -0.453 e. The van der Waals surface area contributed by atoms with Gasteiger partial charge >= 0.3 is 5.97 Å². The number of hydrogen-bond donors (Lipinski definition) is 0. The van der Waals surface area contributed by atoms with Crippen LogP contribution in [0.5, 0.6) is 11.5 Å². The maximum absolute atomic E-state index is 12.7. The number of hydrogen-bond acceptors (Lipinski definition) is 3. The Balaban J connectivity index is 2.00. The van der Waals surface area contributed by atoms with Crippen molar-refractivity contribution in [1.29, 1.82) is 0 Å². The lowest BCUT2D eigenvalue weighted by Gasteiger charge is -2.23. The van der Waals surface area contributed by atoms with Crippen molar-refractivity contribution in [3.05, 3.63) is 102 Å². The molecular weight excluding hydrogens is 360 g/mol. The van der Waals surface area contributed by atoms with Crippen molar-refractivity contribution < 1.29 is 14.3 Å². The summed E-state index contributed by atoms with van der Waals surface area (Å²) >= 11 is 0. The summed E-state index contributed by atoms with van der Waals surface area (Å²) in [7, 11) is 0. The largest absolute Gasteiger partial charge is 0.453 e. The molecule has 0 saturated carbocycles. The molecule has 0 saturated heterocycles. The number of aryl methyl sites for hydroxylation is 1. The van der Waals surface area contributed by atoms with Crippen LogP contribution < -0.4 is 9.47 Å². The topological polar surface area (TPSA) is 35.5 Å². The molecule has 0 spiro atoms. The summed E-state index contributed by atoms with van der Waals surface area (Å²) in [6.45, 7) is 12.4. The van der Waals surface area contributed by atoms with E-state index in [0.29, 0.717) is 22.8 Å². The molecule has 0 aliphatic rings. The molecular formula is C26H26O3. The smallest absolute Gasteiger partial charge is 0.343 e. The molecule has 3 aromatic rings. The minimum absolute atomic E-state index is 0.0844. The second kappa shape index (κ2) is 8.36. The van der Waals surface area contributed by atoms with E-state index in [1.165, 1.54) is 0 Å². The van der Waals surface area contributed by atoms with Crippen LogP contribution >= 0.6 is 0 Å². The number of rotatable bonds is 5. The van der Waals surface area contributed by atoms with Crippen LogP contribution in [0, 0.1) is 6.92 Å². The van der Waals surface area contributed by atoms with Crippen LogP contribution in [0.2, 0.25) is 0 Å². The van der Waals surface area contributed by atoms with Crippen LogP contribution in [0.3, 0.4) is 0 Å². The maximum Gasteiger partial charge on any atom is 0.343 e. The molecule has 0 radical (unpaired) electrons. The molecule has 0 aliphatic carbocycles. The highest BCUT2D eigenvalue weighted by Gasteiger charge is 2.22. The molecule has 0 fully saturated rings. The van der Waals surface area contributed by atoms with Gasteiger partial charge in [0.15, 0.2) is 11.5 Å². The fourth-order valence-electron chi connectivity index (χ4n) is 2.92. The van der Waals surface area contributed by atoms with Crippen molar-refractivity contribution in [2.24, 2.45) is 0 Å². The molecule has 0 aliphatic heterocycles. The fraction of sp³-hybridized carbons (Fsp3) is 0.192. The van der Waals surface area contributed by atoms with E-state index < -0.39 is 5.97 Å². The van der Waals surface area contributed by atoms with Gasteiger partial charge in [-0.2, -0.15) is 0 Å². The molecule has 0 unspecified atom stereocenters. The van der Waals surface area contributed by atoms with E-state index in [9.17, 15) is 4.79 Å². The minimum atomic E-state index is -0.424. The monoisotopic (exact) mass is 386 g/mol. The van der Waals surface area contributed by atoms with Crippen LogP contribution in [0.1, 0.15) is 47.8 Å². The molecule has 3 heteroatoms. The van der Waals surface area contributed by atoms with Gasteiger partial charge in [-0.1, -0.05) is 81.9 Å². The zero-order valence-corrected chi connectivity index (χ0v) is 17.4. The first-order valence-electron chi connectivity index (χ1n) is 9.60. The maximum atomic E-state index is 12.7. The zero-order valence-electron chi connectivity index (χ0n) is 17.4. The predicted octanol–water partition coefficient (Wildman–Crippen LogP) is 6.56. The van der Waals surface area contributed by atoms with Crippen molar-refractivity contribution in [3.8, 4) is 11.5 Å². The number of ether oxygens (including phenoxy) is 2. The Morgan fingerprint density at radius 2 is 1.38 bits per heavy atom. The Morgan fingerprint density at radius 3 is 1.93 bits per heavy atom. The Kier molecular flexibility index (Phi) is 5.88. The van der Waals surface area contributed by atoms with Gasteiger partial charge in [-0.15, -0.1) is 0 Å². The number of carbonyl (C=O) groups is 1. The van der Waals surface area contributed by atoms with Crippen LogP contribution in [0.4, 0.5) is 0 Å². The first kappa shape index (κ1) is 20.4. The normalized spacial score (nSPS) is 11.0. The van der Waals surface area contributed by atoms with Crippen molar-refractivity contribution >= 4 is 11.7 Å². The lowest BCUT2D eigenvalue weighted by atomic mass is 9.86. The lowest BCUT2D eigenvalue weighted by molar-refractivity contribution is 0.0729. The van der Waals surface area contributed by atoms with Crippen LogP contribution in [-0.4, -0.2) is 5.97 Å². The molecule has 3 aromatic carbocycles. The second-order valence-electron chi connectivity index (χ2n) is 8.02. The van der Waals surface area contributed by atoms with E-state index >= 15 is 0 Å². The Labute approximate surface area is 172 Å². The third kappa shape index (κ3) is 4.94. The average Bonchev–Trinajstić information content (AvgIpc) is 2.70.